The Morgan fingerprint density at radius 1 is 1.44 bits per heavy atom. The standard InChI is InChI=1S/C13H14BrNO3/c14-9-3-4-11-12(8-9)18-13(16)15(11)6-5-10-2-1-7-17-10/h3-4,8,10H,1-2,5-7H2/t10-/m0/s1. The molecule has 1 aliphatic heterocycles. The maximum absolute atomic E-state index is 11.8. The van der Waals surface area contributed by atoms with Crippen LogP contribution in [0.5, 0.6) is 0 Å². The van der Waals surface area contributed by atoms with E-state index in [-0.39, 0.29) is 11.9 Å². The molecule has 18 heavy (non-hydrogen) atoms. The zero-order valence-electron chi connectivity index (χ0n) is 9.89. The van der Waals surface area contributed by atoms with Gasteiger partial charge in [0.25, 0.3) is 0 Å². The van der Waals surface area contributed by atoms with Gasteiger partial charge < -0.3 is 9.15 Å². The molecule has 1 saturated heterocycles. The fourth-order valence-corrected chi connectivity index (χ4v) is 2.74. The summed E-state index contributed by atoms with van der Waals surface area (Å²) in [6.45, 7) is 1.50. The number of hydrogen-bond acceptors (Lipinski definition) is 3. The SMILES string of the molecule is O=c1oc2cc(Br)ccc2n1CC[C@@H]1CCCO1. The zero-order chi connectivity index (χ0) is 12.5. The van der Waals surface area contributed by atoms with Crippen molar-refractivity contribution in [1.82, 2.24) is 4.57 Å². The van der Waals surface area contributed by atoms with Gasteiger partial charge in [-0.15, -0.1) is 0 Å². The predicted octanol–water partition coefficient (Wildman–Crippen LogP) is 2.93. The van der Waals surface area contributed by atoms with Crippen molar-refractivity contribution >= 4 is 27.0 Å². The van der Waals surface area contributed by atoms with Crippen molar-refractivity contribution in [1.29, 1.82) is 0 Å². The first kappa shape index (κ1) is 12.0. The summed E-state index contributed by atoms with van der Waals surface area (Å²) in [7, 11) is 0. The van der Waals surface area contributed by atoms with E-state index in [1.165, 1.54) is 0 Å². The quantitative estimate of drug-likeness (QED) is 0.875. The Hall–Kier alpha value is -1.07. The highest BCUT2D eigenvalue weighted by Gasteiger charge is 2.17. The minimum atomic E-state index is -0.291. The molecule has 1 atom stereocenters. The molecule has 96 valence electrons. The number of oxazole rings is 1. The molecule has 1 fully saturated rings. The van der Waals surface area contributed by atoms with Gasteiger partial charge in [0.05, 0.1) is 11.6 Å². The maximum atomic E-state index is 11.8. The lowest BCUT2D eigenvalue weighted by Gasteiger charge is -2.08. The van der Waals surface area contributed by atoms with Crippen molar-refractivity contribution in [3.63, 3.8) is 0 Å². The van der Waals surface area contributed by atoms with E-state index in [1.54, 1.807) is 4.57 Å². The molecule has 2 heterocycles. The molecule has 0 spiro atoms. The number of benzene rings is 1. The van der Waals surface area contributed by atoms with Crippen molar-refractivity contribution in [3.05, 3.63) is 33.2 Å². The monoisotopic (exact) mass is 311 g/mol. The minimum Gasteiger partial charge on any atom is -0.408 e. The van der Waals surface area contributed by atoms with Crippen LogP contribution in [0, 0.1) is 0 Å². The topological polar surface area (TPSA) is 44.4 Å². The molecule has 5 heteroatoms. The van der Waals surface area contributed by atoms with Crippen LogP contribution in [0.25, 0.3) is 11.1 Å². The van der Waals surface area contributed by atoms with Crippen molar-refractivity contribution in [2.75, 3.05) is 6.61 Å². The number of aromatic nitrogens is 1. The Kier molecular flexibility index (Phi) is 3.26. The Morgan fingerprint density at radius 2 is 2.33 bits per heavy atom. The third-order valence-electron chi connectivity index (χ3n) is 3.33. The van der Waals surface area contributed by atoms with Crippen molar-refractivity contribution in [2.24, 2.45) is 0 Å². The van der Waals surface area contributed by atoms with E-state index in [0.29, 0.717) is 12.1 Å². The van der Waals surface area contributed by atoms with Gasteiger partial charge in [0.2, 0.25) is 0 Å². The Labute approximate surface area is 113 Å². The van der Waals surface area contributed by atoms with Gasteiger partial charge in [-0.3, -0.25) is 4.57 Å². The summed E-state index contributed by atoms with van der Waals surface area (Å²) in [5, 5.41) is 0. The molecule has 0 radical (unpaired) electrons. The van der Waals surface area contributed by atoms with E-state index in [2.05, 4.69) is 15.9 Å². The lowest BCUT2D eigenvalue weighted by atomic mass is 10.2. The minimum absolute atomic E-state index is 0.289. The van der Waals surface area contributed by atoms with Gasteiger partial charge in [0.1, 0.15) is 0 Å². The van der Waals surface area contributed by atoms with Gasteiger partial charge in [0.15, 0.2) is 5.58 Å². The zero-order valence-corrected chi connectivity index (χ0v) is 11.5. The summed E-state index contributed by atoms with van der Waals surface area (Å²) in [5.74, 6) is -0.291. The molecule has 0 unspecified atom stereocenters. The van der Waals surface area contributed by atoms with Gasteiger partial charge in [-0.05, 0) is 37.5 Å². The van der Waals surface area contributed by atoms with E-state index < -0.39 is 0 Å². The molecular formula is C13H14BrNO3. The van der Waals surface area contributed by atoms with E-state index >= 15 is 0 Å². The number of halogens is 1. The number of ether oxygens (including phenoxy) is 1. The Balaban J connectivity index is 1.86. The highest BCUT2D eigenvalue weighted by molar-refractivity contribution is 9.10. The lowest BCUT2D eigenvalue weighted by Crippen LogP contribution is -2.18. The Morgan fingerprint density at radius 3 is 3.11 bits per heavy atom. The highest BCUT2D eigenvalue weighted by Crippen LogP contribution is 2.20. The van der Waals surface area contributed by atoms with Gasteiger partial charge in [-0.2, -0.15) is 0 Å². The lowest BCUT2D eigenvalue weighted by molar-refractivity contribution is 0.100. The van der Waals surface area contributed by atoms with Gasteiger partial charge in [0, 0.05) is 17.6 Å². The van der Waals surface area contributed by atoms with Crippen LogP contribution in [0.1, 0.15) is 19.3 Å². The first-order chi connectivity index (χ1) is 8.74. The molecule has 3 rings (SSSR count). The third-order valence-corrected chi connectivity index (χ3v) is 3.82. The Bertz CT molecular complexity index is 610. The second kappa shape index (κ2) is 4.90. The second-order valence-electron chi connectivity index (χ2n) is 4.56. The second-order valence-corrected chi connectivity index (χ2v) is 5.47. The highest BCUT2D eigenvalue weighted by atomic mass is 79.9. The molecule has 0 N–H and O–H groups in total. The van der Waals surface area contributed by atoms with Crippen molar-refractivity contribution in [2.45, 2.75) is 31.9 Å². The van der Waals surface area contributed by atoms with E-state index in [1.807, 2.05) is 18.2 Å². The van der Waals surface area contributed by atoms with Crippen LogP contribution in [0.15, 0.2) is 31.9 Å². The average Bonchev–Trinajstić information content (AvgIpc) is 2.93. The summed E-state index contributed by atoms with van der Waals surface area (Å²) in [5.41, 5.74) is 1.47. The molecule has 1 aromatic heterocycles. The van der Waals surface area contributed by atoms with Crippen LogP contribution in [-0.4, -0.2) is 17.3 Å². The first-order valence-corrected chi connectivity index (χ1v) is 6.94. The van der Waals surface area contributed by atoms with Crippen LogP contribution < -0.4 is 5.76 Å². The summed E-state index contributed by atoms with van der Waals surface area (Å²) < 4.78 is 13.4. The van der Waals surface area contributed by atoms with E-state index in [4.69, 9.17) is 9.15 Å². The molecule has 0 saturated carbocycles. The number of hydrogen-bond donors (Lipinski definition) is 0. The smallest absolute Gasteiger partial charge is 0.408 e. The van der Waals surface area contributed by atoms with Crippen molar-refractivity contribution in [3.8, 4) is 0 Å². The largest absolute Gasteiger partial charge is 0.419 e. The molecule has 0 bridgehead atoms. The maximum Gasteiger partial charge on any atom is 0.419 e. The average molecular weight is 312 g/mol. The van der Waals surface area contributed by atoms with Crippen LogP contribution in [0.4, 0.5) is 0 Å². The van der Waals surface area contributed by atoms with Crippen molar-refractivity contribution < 1.29 is 9.15 Å². The molecule has 0 aliphatic carbocycles. The summed E-state index contributed by atoms with van der Waals surface area (Å²) >= 11 is 3.37. The third kappa shape index (κ3) is 2.24. The summed E-state index contributed by atoms with van der Waals surface area (Å²) in [4.78, 5) is 11.8. The molecule has 0 amide bonds. The van der Waals surface area contributed by atoms with Crippen LogP contribution in [0.2, 0.25) is 0 Å². The van der Waals surface area contributed by atoms with Crippen LogP contribution >= 0.6 is 15.9 Å². The van der Waals surface area contributed by atoms with E-state index in [9.17, 15) is 4.79 Å². The molecule has 1 aliphatic rings. The van der Waals surface area contributed by atoms with Crippen LogP contribution in [-0.2, 0) is 11.3 Å². The van der Waals surface area contributed by atoms with Crippen LogP contribution in [0.3, 0.4) is 0 Å². The molecule has 4 nitrogen and oxygen atoms in total. The number of aryl methyl sites for hydroxylation is 1. The number of nitrogens with zero attached hydrogens (tertiary/aromatic N) is 1. The molecular weight excluding hydrogens is 298 g/mol. The number of rotatable bonds is 3. The fraction of sp³-hybridized carbons (Fsp3) is 0.462. The summed E-state index contributed by atoms with van der Waals surface area (Å²) in [6.07, 6.45) is 3.37. The summed E-state index contributed by atoms with van der Waals surface area (Å²) in [6, 6.07) is 5.64. The first-order valence-electron chi connectivity index (χ1n) is 6.14. The van der Waals surface area contributed by atoms with Gasteiger partial charge in [-0.1, -0.05) is 15.9 Å². The molecule has 2 aromatic rings. The molecule has 1 aromatic carbocycles. The van der Waals surface area contributed by atoms with Gasteiger partial charge in [-0.25, -0.2) is 4.79 Å². The predicted molar refractivity (Wildman–Crippen MR) is 71.8 cm³/mol. The van der Waals surface area contributed by atoms with E-state index in [0.717, 1.165) is 35.9 Å². The normalized spacial score (nSPS) is 19.7. The fourth-order valence-electron chi connectivity index (χ4n) is 2.40. The number of fused-ring (bicyclic) bond motifs is 1. The van der Waals surface area contributed by atoms with Gasteiger partial charge >= 0.3 is 5.76 Å².